The zero-order valence-corrected chi connectivity index (χ0v) is 14.7. The molecule has 2 heteroatoms. The van der Waals surface area contributed by atoms with Crippen LogP contribution in [0.1, 0.15) is 46.5 Å². The van der Waals surface area contributed by atoms with Crippen LogP contribution in [0.4, 0.5) is 0 Å². The molecule has 1 fully saturated rings. The molecule has 1 N–H and O–H groups in total. The molecule has 4 atom stereocenters. The van der Waals surface area contributed by atoms with E-state index in [1.54, 1.807) is 5.57 Å². The number of allylic oxidation sites excluding steroid dienone is 1. The molecule has 0 unspecified atom stereocenters. The minimum absolute atomic E-state index is 0.184. The highest BCUT2D eigenvalue weighted by Gasteiger charge is 2.50. The third-order valence-corrected chi connectivity index (χ3v) is 8.83. The van der Waals surface area contributed by atoms with Crippen LogP contribution in [0, 0.1) is 17.3 Å². The van der Waals surface area contributed by atoms with E-state index in [4.69, 9.17) is 0 Å². The summed E-state index contributed by atoms with van der Waals surface area (Å²) in [6.07, 6.45) is 6.83. The third kappa shape index (κ3) is 2.85. The Bertz CT molecular complexity index is 366. The molecule has 0 radical (unpaired) electrons. The van der Waals surface area contributed by atoms with E-state index in [-0.39, 0.29) is 6.10 Å². The first-order chi connectivity index (χ1) is 8.64. The van der Waals surface area contributed by atoms with Crippen LogP contribution in [0.5, 0.6) is 0 Å². The third-order valence-electron chi connectivity index (χ3n) is 5.86. The van der Waals surface area contributed by atoms with Gasteiger partial charge in [-0.3, -0.25) is 0 Å². The highest BCUT2D eigenvalue weighted by Crippen LogP contribution is 2.59. The number of hydrogen-bond donors (Lipinski definition) is 1. The fourth-order valence-electron chi connectivity index (χ4n) is 4.56. The lowest BCUT2D eigenvalue weighted by Gasteiger charge is -2.54. The van der Waals surface area contributed by atoms with Gasteiger partial charge in [-0.1, -0.05) is 52.1 Å². The van der Waals surface area contributed by atoms with Crippen LogP contribution in [0.2, 0.25) is 25.2 Å². The molecule has 0 aromatic carbocycles. The Balaban J connectivity index is 2.39. The fraction of sp³-hybridized carbons (Fsp3) is 0.882. The van der Waals surface area contributed by atoms with Gasteiger partial charge in [-0.25, -0.2) is 0 Å². The Kier molecular flexibility index (Phi) is 4.06. The van der Waals surface area contributed by atoms with Crippen molar-refractivity contribution in [2.24, 2.45) is 17.3 Å². The largest absolute Gasteiger partial charge is 0.389 e. The van der Waals surface area contributed by atoms with Gasteiger partial charge in [0, 0.05) is 8.07 Å². The van der Waals surface area contributed by atoms with Crippen LogP contribution in [0.3, 0.4) is 0 Å². The van der Waals surface area contributed by atoms with E-state index < -0.39 is 8.07 Å². The topological polar surface area (TPSA) is 20.2 Å². The van der Waals surface area contributed by atoms with Crippen LogP contribution in [0.15, 0.2) is 11.6 Å². The van der Waals surface area contributed by atoms with Gasteiger partial charge in [-0.2, -0.15) is 0 Å². The lowest BCUT2D eigenvalue weighted by atomic mass is 9.61. The monoisotopic (exact) mass is 280 g/mol. The quantitative estimate of drug-likeness (QED) is 0.566. The van der Waals surface area contributed by atoms with Crippen molar-refractivity contribution in [2.45, 2.75) is 77.7 Å². The molecule has 0 aromatic rings. The van der Waals surface area contributed by atoms with Crippen molar-refractivity contribution in [3.8, 4) is 0 Å². The minimum Gasteiger partial charge on any atom is -0.389 e. The van der Waals surface area contributed by atoms with Gasteiger partial charge < -0.3 is 5.11 Å². The molecule has 0 aromatic heterocycles. The van der Waals surface area contributed by atoms with Crippen molar-refractivity contribution in [2.75, 3.05) is 0 Å². The van der Waals surface area contributed by atoms with Crippen LogP contribution in [-0.4, -0.2) is 19.3 Å². The predicted octanol–water partition coefficient (Wildman–Crippen LogP) is 4.85. The molecular weight excluding hydrogens is 248 g/mol. The second kappa shape index (κ2) is 5.03. The zero-order valence-electron chi connectivity index (χ0n) is 13.7. The van der Waals surface area contributed by atoms with Gasteiger partial charge in [0.15, 0.2) is 0 Å². The summed E-state index contributed by atoms with van der Waals surface area (Å²) in [5.41, 5.74) is 2.85. The van der Waals surface area contributed by atoms with Gasteiger partial charge in [0.2, 0.25) is 0 Å². The maximum atomic E-state index is 10.0. The van der Waals surface area contributed by atoms with Crippen molar-refractivity contribution in [3.63, 3.8) is 0 Å². The Morgan fingerprint density at radius 2 is 1.95 bits per heavy atom. The van der Waals surface area contributed by atoms with Gasteiger partial charge in [0.1, 0.15) is 0 Å². The van der Waals surface area contributed by atoms with E-state index in [1.807, 2.05) is 0 Å². The number of fused-ring (bicyclic) bond motifs is 1. The van der Waals surface area contributed by atoms with E-state index in [2.05, 4.69) is 46.5 Å². The first-order valence-corrected chi connectivity index (χ1v) is 11.6. The Morgan fingerprint density at radius 1 is 1.32 bits per heavy atom. The normalized spacial score (nSPS) is 40.0. The van der Waals surface area contributed by atoms with Crippen molar-refractivity contribution < 1.29 is 5.11 Å². The highest BCUT2D eigenvalue weighted by atomic mass is 28.3. The maximum Gasteiger partial charge on any atom is 0.0724 e. The highest BCUT2D eigenvalue weighted by molar-refractivity contribution is 6.77. The molecule has 0 heterocycles. The van der Waals surface area contributed by atoms with Gasteiger partial charge in [0.05, 0.1) is 6.10 Å². The smallest absolute Gasteiger partial charge is 0.0724 e. The van der Waals surface area contributed by atoms with Crippen molar-refractivity contribution in [1.29, 1.82) is 0 Å². The summed E-state index contributed by atoms with van der Waals surface area (Å²) in [4.78, 5) is 0. The summed E-state index contributed by atoms with van der Waals surface area (Å²) in [5.74, 6) is 1.59. The fourth-order valence-corrected chi connectivity index (χ4v) is 7.81. The molecule has 19 heavy (non-hydrogen) atoms. The SMILES string of the molecule is CC(C)[C@H]1CC2=C[C@@H](O)CC[C@@]2(C)[C@H]([Si](C)(C)C)C1. The van der Waals surface area contributed by atoms with Crippen LogP contribution in [-0.2, 0) is 0 Å². The molecule has 2 rings (SSSR count). The number of hydrogen-bond acceptors (Lipinski definition) is 1. The van der Waals surface area contributed by atoms with Crippen LogP contribution < -0.4 is 0 Å². The lowest BCUT2D eigenvalue weighted by molar-refractivity contribution is 0.129. The number of aliphatic hydroxyl groups excluding tert-OH is 1. The summed E-state index contributed by atoms with van der Waals surface area (Å²) < 4.78 is 0. The van der Waals surface area contributed by atoms with E-state index in [0.29, 0.717) is 5.41 Å². The van der Waals surface area contributed by atoms with E-state index >= 15 is 0 Å². The Hall–Kier alpha value is -0.0831. The molecule has 2 aliphatic rings. The molecular formula is C17H32OSi. The van der Waals surface area contributed by atoms with Crippen molar-refractivity contribution in [1.82, 2.24) is 0 Å². The van der Waals surface area contributed by atoms with E-state index in [0.717, 1.165) is 23.8 Å². The van der Waals surface area contributed by atoms with Crippen molar-refractivity contribution in [3.05, 3.63) is 11.6 Å². The Labute approximate surface area is 120 Å². The maximum absolute atomic E-state index is 10.0. The van der Waals surface area contributed by atoms with Crippen LogP contribution in [0.25, 0.3) is 0 Å². The lowest BCUT2D eigenvalue weighted by Crippen LogP contribution is -2.47. The van der Waals surface area contributed by atoms with Crippen molar-refractivity contribution >= 4 is 8.07 Å². The van der Waals surface area contributed by atoms with Gasteiger partial charge in [0.25, 0.3) is 0 Å². The molecule has 1 nitrogen and oxygen atoms in total. The molecule has 110 valence electrons. The standard InChI is InChI=1S/C17H32OSi/c1-12(2)13-9-14-11-15(18)7-8-17(14,3)16(10-13)19(4,5)6/h11-13,15-16,18H,7-10H2,1-6H3/t13-,15-,16+,17+/m0/s1. The second-order valence-corrected chi connectivity index (χ2v) is 14.0. The van der Waals surface area contributed by atoms with E-state index in [9.17, 15) is 5.11 Å². The Morgan fingerprint density at radius 3 is 2.47 bits per heavy atom. The first-order valence-electron chi connectivity index (χ1n) is 8.04. The summed E-state index contributed by atoms with van der Waals surface area (Å²) in [6, 6.07) is 0. The summed E-state index contributed by atoms with van der Waals surface area (Å²) in [6.45, 7) is 14.8. The number of aliphatic hydroxyl groups is 1. The molecule has 2 aliphatic carbocycles. The predicted molar refractivity (Wildman–Crippen MR) is 86.1 cm³/mol. The number of rotatable bonds is 2. The molecule has 0 amide bonds. The molecule has 0 spiro atoms. The summed E-state index contributed by atoms with van der Waals surface area (Å²) >= 11 is 0. The summed E-state index contributed by atoms with van der Waals surface area (Å²) in [7, 11) is -1.17. The zero-order chi connectivity index (χ0) is 14.4. The van der Waals surface area contributed by atoms with Crippen LogP contribution >= 0.6 is 0 Å². The first kappa shape index (κ1) is 15.3. The average molecular weight is 281 g/mol. The molecule has 0 bridgehead atoms. The minimum atomic E-state index is -1.17. The second-order valence-electron chi connectivity index (χ2n) is 8.58. The van der Waals surface area contributed by atoms with E-state index in [1.165, 1.54) is 19.3 Å². The van der Waals surface area contributed by atoms with Gasteiger partial charge >= 0.3 is 0 Å². The van der Waals surface area contributed by atoms with Gasteiger partial charge in [-0.05, 0) is 48.5 Å². The molecule has 0 saturated heterocycles. The average Bonchev–Trinajstić information content (AvgIpc) is 2.27. The summed E-state index contributed by atoms with van der Waals surface area (Å²) in [5, 5.41) is 10.0. The molecule has 1 saturated carbocycles. The van der Waals surface area contributed by atoms with Gasteiger partial charge in [-0.15, -0.1) is 0 Å². The molecule has 0 aliphatic heterocycles.